The predicted octanol–water partition coefficient (Wildman–Crippen LogP) is 1.18. The maximum atomic E-state index is 13.0. The first-order valence-corrected chi connectivity index (χ1v) is 10.6. The number of aryl methyl sites for hydroxylation is 2. The SMILES string of the molecule is Cc1cc(N2CC3CC(C2)N3C(=O)CC2CSc3nc(C)cc(=O)n32)ncn1. The molecule has 0 aromatic carbocycles. The molecule has 3 saturated heterocycles. The largest absolute Gasteiger partial charge is 0.352 e. The molecule has 2 bridgehead atoms. The van der Waals surface area contributed by atoms with Gasteiger partial charge in [-0.15, -0.1) is 0 Å². The van der Waals surface area contributed by atoms with Crippen LogP contribution in [0.4, 0.5) is 5.82 Å². The Morgan fingerprint density at radius 2 is 1.96 bits per heavy atom. The van der Waals surface area contributed by atoms with Crippen molar-refractivity contribution >= 4 is 23.5 Å². The zero-order chi connectivity index (χ0) is 19.4. The summed E-state index contributed by atoms with van der Waals surface area (Å²) in [6, 6.07) is 3.89. The van der Waals surface area contributed by atoms with Gasteiger partial charge in [0.25, 0.3) is 5.56 Å². The Morgan fingerprint density at radius 3 is 2.71 bits per heavy atom. The van der Waals surface area contributed by atoms with Crippen LogP contribution in [0.2, 0.25) is 0 Å². The molecule has 0 saturated carbocycles. The molecule has 3 atom stereocenters. The van der Waals surface area contributed by atoms with E-state index in [0.29, 0.717) is 6.42 Å². The van der Waals surface area contributed by atoms with Gasteiger partial charge < -0.3 is 9.80 Å². The second-order valence-electron chi connectivity index (χ2n) is 7.82. The minimum atomic E-state index is -0.102. The van der Waals surface area contributed by atoms with Crippen LogP contribution in [0.5, 0.6) is 0 Å². The number of anilines is 1. The molecule has 9 heteroatoms. The van der Waals surface area contributed by atoms with Gasteiger partial charge in [-0.2, -0.15) is 0 Å². The van der Waals surface area contributed by atoms with E-state index in [9.17, 15) is 9.59 Å². The number of amides is 1. The van der Waals surface area contributed by atoms with Crippen LogP contribution in [-0.4, -0.2) is 61.3 Å². The van der Waals surface area contributed by atoms with Crippen LogP contribution in [0.1, 0.15) is 30.3 Å². The van der Waals surface area contributed by atoms with E-state index in [0.717, 1.165) is 47.6 Å². The predicted molar refractivity (Wildman–Crippen MR) is 106 cm³/mol. The van der Waals surface area contributed by atoms with Crippen molar-refractivity contribution in [2.24, 2.45) is 0 Å². The Kier molecular flexibility index (Phi) is 4.15. The second-order valence-corrected chi connectivity index (χ2v) is 8.81. The second kappa shape index (κ2) is 6.58. The number of hydrogen-bond acceptors (Lipinski definition) is 7. The molecule has 0 aliphatic carbocycles. The molecule has 0 spiro atoms. The van der Waals surface area contributed by atoms with Crippen LogP contribution in [0.3, 0.4) is 0 Å². The average Bonchev–Trinajstić information content (AvgIpc) is 3.04. The third kappa shape index (κ3) is 2.88. The van der Waals surface area contributed by atoms with Crippen molar-refractivity contribution in [2.75, 3.05) is 23.7 Å². The molecule has 2 aromatic rings. The zero-order valence-electron chi connectivity index (χ0n) is 15.9. The van der Waals surface area contributed by atoms with Gasteiger partial charge in [-0.05, 0) is 20.3 Å². The molecule has 4 aliphatic rings. The Morgan fingerprint density at radius 1 is 1.18 bits per heavy atom. The first kappa shape index (κ1) is 17.7. The number of aromatic nitrogens is 4. The van der Waals surface area contributed by atoms with Crippen molar-refractivity contribution in [3.63, 3.8) is 0 Å². The van der Waals surface area contributed by atoms with E-state index in [1.165, 1.54) is 0 Å². The quantitative estimate of drug-likeness (QED) is 0.718. The standard InChI is InChI=1S/C19H22N6O2S/c1-11-3-16(21-10-20-11)23-7-13-5-14(8-23)24(13)18(27)6-15-9-28-19-22-12(2)4-17(26)25(15)19/h3-4,10,13-15H,5-9H2,1-2H3. The number of nitrogens with zero attached hydrogens (tertiary/aromatic N) is 6. The Labute approximate surface area is 167 Å². The molecule has 3 unspecified atom stereocenters. The van der Waals surface area contributed by atoms with Crippen molar-refractivity contribution in [1.82, 2.24) is 24.4 Å². The van der Waals surface area contributed by atoms with Crippen molar-refractivity contribution < 1.29 is 4.79 Å². The van der Waals surface area contributed by atoms with E-state index in [-0.39, 0.29) is 29.6 Å². The molecule has 6 heterocycles. The number of piperidine rings is 1. The van der Waals surface area contributed by atoms with Crippen molar-refractivity contribution in [3.05, 3.63) is 40.2 Å². The number of piperazine rings is 1. The monoisotopic (exact) mass is 398 g/mol. The van der Waals surface area contributed by atoms with Crippen LogP contribution < -0.4 is 10.5 Å². The highest BCUT2D eigenvalue weighted by atomic mass is 32.2. The highest BCUT2D eigenvalue weighted by molar-refractivity contribution is 7.99. The van der Waals surface area contributed by atoms with Gasteiger partial charge in [0.1, 0.15) is 12.1 Å². The van der Waals surface area contributed by atoms with E-state index in [2.05, 4.69) is 19.9 Å². The summed E-state index contributed by atoms with van der Waals surface area (Å²) in [5.41, 5.74) is 1.62. The first-order chi connectivity index (χ1) is 13.5. The smallest absolute Gasteiger partial charge is 0.254 e. The molecular weight excluding hydrogens is 376 g/mol. The minimum Gasteiger partial charge on any atom is -0.352 e. The topological polar surface area (TPSA) is 84.2 Å². The van der Waals surface area contributed by atoms with Crippen LogP contribution in [0.25, 0.3) is 0 Å². The van der Waals surface area contributed by atoms with Gasteiger partial charge in [-0.3, -0.25) is 14.2 Å². The molecule has 1 amide bonds. The molecule has 2 aromatic heterocycles. The Bertz CT molecular complexity index is 996. The lowest BCUT2D eigenvalue weighted by molar-refractivity contribution is -0.146. The molecule has 8 nitrogen and oxygen atoms in total. The van der Waals surface area contributed by atoms with Gasteiger partial charge in [0.05, 0.1) is 18.1 Å². The molecule has 3 fully saturated rings. The number of hydrogen-bond donors (Lipinski definition) is 0. The number of rotatable bonds is 3. The Balaban J connectivity index is 1.27. The normalized spacial score (nSPS) is 25.4. The lowest BCUT2D eigenvalue weighted by Crippen LogP contribution is -2.70. The number of thioether (sulfide) groups is 1. The van der Waals surface area contributed by atoms with Gasteiger partial charge >= 0.3 is 0 Å². The van der Waals surface area contributed by atoms with Crippen molar-refractivity contribution in [1.29, 1.82) is 0 Å². The fourth-order valence-electron chi connectivity index (χ4n) is 4.54. The van der Waals surface area contributed by atoms with Crippen LogP contribution in [-0.2, 0) is 4.79 Å². The van der Waals surface area contributed by atoms with E-state index >= 15 is 0 Å². The average molecular weight is 398 g/mol. The molecule has 28 heavy (non-hydrogen) atoms. The minimum absolute atomic E-state index is 0.0561. The van der Waals surface area contributed by atoms with Gasteiger partial charge in [0.15, 0.2) is 5.16 Å². The summed E-state index contributed by atoms with van der Waals surface area (Å²) >= 11 is 1.56. The molecular formula is C19H22N6O2S. The fraction of sp³-hybridized carbons (Fsp3) is 0.526. The fourth-order valence-corrected chi connectivity index (χ4v) is 5.73. The maximum absolute atomic E-state index is 13.0. The zero-order valence-corrected chi connectivity index (χ0v) is 16.7. The summed E-state index contributed by atoms with van der Waals surface area (Å²) in [4.78, 5) is 42.6. The van der Waals surface area contributed by atoms with Crippen molar-refractivity contribution in [2.45, 2.75) is 50.0 Å². The maximum Gasteiger partial charge on any atom is 0.254 e. The lowest BCUT2D eigenvalue weighted by Gasteiger charge is -2.56. The summed E-state index contributed by atoms with van der Waals surface area (Å²) in [5.74, 6) is 1.81. The van der Waals surface area contributed by atoms with Crippen LogP contribution >= 0.6 is 11.8 Å². The lowest BCUT2D eigenvalue weighted by atomic mass is 9.86. The van der Waals surface area contributed by atoms with Crippen LogP contribution in [0.15, 0.2) is 28.4 Å². The summed E-state index contributed by atoms with van der Waals surface area (Å²) < 4.78 is 1.70. The molecule has 4 aliphatic heterocycles. The van der Waals surface area contributed by atoms with Gasteiger partial charge in [-0.25, -0.2) is 15.0 Å². The van der Waals surface area contributed by atoms with Gasteiger partial charge in [-0.1, -0.05) is 11.8 Å². The van der Waals surface area contributed by atoms with Crippen molar-refractivity contribution in [3.8, 4) is 0 Å². The summed E-state index contributed by atoms with van der Waals surface area (Å²) in [6.07, 6.45) is 3.00. The number of carbonyl (C=O) groups excluding carboxylic acids is 1. The third-order valence-corrected chi connectivity index (χ3v) is 6.92. The first-order valence-electron chi connectivity index (χ1n) is 9.57. The molecule has 0 N–H and O–H groups in total. The van der Waals surface area contributed by atoms with E-state index in [4.69, 9.17) is 0 Å². The van der Waals surface area contributed by atoms with E-state index in [1.54, 1.807) is 28.7 Å². The third-order valence-electron chi connectivity index (χ3n) is 5.82. The summed E-state index contributed by atoms with van der Waals surface area (Å²) in [7, 11) is 0. The van der Waals surface area contributed by atoms with Gasteiger partial charge in [0.2, 0.25) is 5.91 Å². The summed E-state index contributed by atoms with van der Waals surface area (Å²) in [6.45, 7) is 5.39. The molecule has 0 radical (unpaired) electrons. The molecule has 6 rings (SSSR count). The Hall–Kier alpha value is -2.42. The van der Waals surface area contributed by atoms with E-state index in [1.807, 2.05) is 24.8 Å². The van der Waals surface area contributed by atoms with Gasteiger partial charge in [0, 0.05) is 48.8 Å². The van der Waals surface area contributed by atoms with Crippen LogP contribution in [0, 0.1) is 13.8 Å². The summed E-state index contributed by atoms with van der Waals surface area (Å²) in [5, 5.41) is 0.733. The van der Waals surface area contributed by atoms with E-state index < -0.39 is 0 Å². The highest BCUT2D eigenvalue weighted by Crippen LogP contribution is 2.37. The number of carbonyl (C=O) groups is 1. The molecule has 146 valence electrons. The number of fused-ring (bicyclic) bond motifs is 3. The highest BCUT2D eigenvalue weighted by Gasteiger charge is 2.48.